The minimum absolute atomic E-state index is 0.0907. The molecule has 0 saturated carbocycles. The zero-order valence-electron chi connectivity index (χ0n) is 9.37. The third-order valence-electron chi connectivity index (χ3n) is 2.13. The second kappa shape index (κ2) is 6.27. The van der Waals surface area contributed by atoms with Gasteiger partial charge in [-0.2, -0.15) is 0 Å². The molecular weight excluding hydrogens is 230 g/mol. The van der Waals surface area contributed by atoms with Crippen molar-refractivity contribution in [3.63, 3.8) is 0 Å². The average Bonchev–Trinajstić information content (AvgIpc) is 2.30. The number of hydrogen-bond acceptors (Lipinski definition) is 3. The van der Waals surface area contributed by atoms with Crippen molar-refractivity contribution in [2.45, 2.75) is 12.6 Å². The molecule has 0 aliphatic heterocycles. The van der Waals surface area contributed by atoms with Gasteiger partial charge in [-0.15, -0.1) is 0 Å². The fourth-order valence-corrected chi connectivity index (χ4v) is 1.23. The lowest BCUT2D eigenvalue weighted by Crippen LogP contribution is -2.43. The molecule has 1 aromatic rings. The number of rotatable bonds is 5. The lowest BCUT2D eigenvalue weighted by Gasteiger charge is -2.11. The summed E-state index contributed by atoms with van der Waals surface area (Å²) in [6.45, 7) is 0.192. The van der Waals surface area contributed by atoms with Gasteiger partial charge in [0, 0.05) is 13.7 Å². The maximum Gasteiger partial charge on any atom is 0.239 e. The highest BCUT2D eigenvalue weighted by Gasteiger charge is 2.12. The summed E-state index contributed by atoms with van der Waals surface area (Å²) in [6.07, 6.45) is 0. The van der Waals surface area contributed by atoms with E-state index in [2.05, 4.69) is 5.32 Å². The first kappa shape index (κ1) is 13.5. The molecule has 0 bridgehead atoms. The van der Waals surface area contributed by atoms with Crippen molar-refractivity contribution in [2.24, 2.45) is 5.73 Å². The highest BCUT2D eigenvalue weighted by molar-refractivity contribution is 5.81. The number of carbonyl (C=O) groups is 1. The number of ether oxygens (including phenoxy) is 1. The Balaban J connectivity index is 2.50. The molecular formula is C11H14F2N2O2. The fraction of sp³-hybridized carbons (Fsp3) is 0.364. The quantitative estimate of drug-likeness (QED) is 0.795. The van der Waals surface area contributed by atoms with Crippen LogP contribution in [0.5, 0.6) is 0 Å². The number of carbonyl (C=O) groups excluding carboxylic acids is 1. The topological polar surface area (TPSA) is 64.3 Å². The van der Waals surface area contributed by atoms with Crippen LogP contribution in [0.25, 0.3) is 0 Å². The number of hydrogen-bond donors (Lipinski definition) is 2. The second-order valence-electron chi connectivity index (χ2n) is 3.53. The molecule has 1 aromatic carbocycles. The Morgan fingerprint density at radius 1 is 1.47 bits per heavy atom. The van der Waals surface area contributed by atoms with Gasteiger partial charge in [-0.25, -0.2) is 8.78 Å². The first-order chi connectivity index (χ1) is 8.04. The van der Waals surface area contributed by atoms with Gasteiger partial charge in [0.1, 0.15) is 6.04 Å². The predicted octanol–water partition coefficient (Wildman–Crippen LogP) is 0.555. The number of nitrogens with one attached hydrogen (secondary N) is 1. The van der Waals surface area contributed by atoms with E-state index >= 15 is 0 Å². The lowest BCUT2D eigenvalue weighted by atomic mass is 10.2. The zero-order chi connectivity index (χ0) is 12.8. The molecule has 0 radical (unpaired) electrons. The Kier molecular flexibility index (Phi) is 4.99. The molecule has 0 saturated heterocycles. The van der Waals surface area contributed by atoms with Crippen molar-refractivity contribution in [3.05, 3.63) is 35.4 Å². The van der Waals surface area contributed by atoms with Crippen molar-refractivity contribution in [1.82, 2.24) is 5.32 Å². The van der Waals surface area contributed by atoms with Gasteiger partial charge in [0.15, 0.2) is 11.6 Å². The highest BCUT2D eigenvalue weighted by atomic mass is 19.2. The zero-order valence-corrected chi connectivity index (χ0v) is 9.37. The van der Waals surface area contributed by atoms with Crippen LogP contribution in [0.2, 0.25) is 0 Å². The summed E-state index contributed by atoms with van der Waals surface area (Å²) in [5.74, 6) is -2.27. The smallest absolute Gasteiger partial charge is 0.239 e. The molecule has 1 atom stereocenters. The molecule has 1 unspecified atom stereocenters. The van der Waals surface area contributed by atoms with Crippen LogP contribution in [0, 0.1) is 11.6 Å². The number of methoxy groups -OCH3 is 1. The normalized spacial score (nSPS) is 12.2. The number of nitrogens with two attached hydrogens (primary N) is 1. The molecule has 4 nitrogen and oxygen atoms in total. The average molecular weight is 244 g/mol. The Morgan fingerprint density at radius 2 is 2.18 bits per heavy atom. The minimum Gasteiger partial charge on any atom is -0.383 e. The highest BCUT2D eigenvalue weighted by Crippen LogP contribution is 2.08. The molecule has 3 N–H and O–H groups in total. The third-order valence-corrected chi connectivity index (χ3v) is 2.13. The molecule has 0 aliphatic carbocycles. The third kappa shape index (κ3) is 4.08. The number of benzene rings is 1. The Labute approximate surface area is 97.8 Å². The summed E-state index contributed by atoms with van der Waals surface area (Å²) >= 11 is 0. The summed E-state index contributed by atoms with van der Waals surface area (Å²) in [6, 6.07) is 2.65. The van der Waals surface area contributed by atoms with E-state index in [-0.39, 0.29) is 13.2 Å². The van der Waals surface area contributed by atoms with Gasteiger partial charge in [-0.05, 0) is 17.7 Å². The van der Waals surface area contributed by atoms with Crippen LogP contribution in [-0.4, -0.2) is 25.7 Å². The van der Waals surface area contributed by atoms with Crippen LogP contribution in [0.4, 0.5) is 8.78 Å². The van der Waals surface area contributed by atoms with Crippen LogP contribution in [-0.2, 0) is 16.1 Å². The maximum atomic E-state index is 12.9. The van der Waals surface area contributed by atoms with Crippen molar-refractivity contribution >= 4 is 5.91 Å². The Morgan fingerprint density at radius 3 is 2.76 bits per heavy atom. The lowest BCUT2D eigenvalue weighted by molar-refractivity contribution is -0.123. The first-order valence-corrected chi connectivity index (χ1v) is 5.00. The van der Waals surface area contributed by atoms with Crippen LogP contribution in [0.3, 0.4) is 0 Å². The summed E-state index contributed by atoms with van der Waals surface area (Å²) in [7, 11) is 1.43. The fourth-order valence-electron chi connectivity index (χ4n) is 1.23. The van der Waals surface area contributed by atoms with E-state index in [4.69, 9.17) is 10.5 Å². The Bertz CT molecular complexity index is 399. The van der Waals surface area contributed by atoms with Crippen LogP contribution < -0.4 is 11.1 Å². The first-order valence-electron chi connectivity index (χ1n) is 5.00. The molecule has 1 amide bonds. The van der Waals surface area contributed by atoms with E-state index in [1.54, 1.807) is 0 Å². The van der Waals surface area contributed by atoms with E-state index in [1.165, 1.54) is 13.2 Å². The van der Waals surface area contributed by atoms with E-state index in [0.717, 1.165) is 12.1 Å². The van der Waals surface area contributed by atoms with Crippen LogP contribution in [0.1, 0.15) is 5.56 Å². The summed E-state index contributed by atoms with van der Waals surface area (Å²) in [5.41, 5.74) is 5.93. The number of amides is 1. The molecule has 0 aromatic heterocycles. The molecule has 0 aliphatic rings. The standard InChI is InChI=1S/C11H14F2N2O2/c1-17-6-10(14)11(16)15-5-7-2-3-8(12)9(13)4-7/h2-4,10H,5-6,14H2,1H3,(H,15,16). The summed E-state index contributed by atoms with van der Waals surface area (Å²) in [4.78, 5) is 11.4. The number of halogens is 2. The second-order valence-corrected chi connectivity index (χ2v) is 3.53. The SMILES string of the molecule is COCC(N)C(=O)NCc1ccc(F)c(F)c1. The van der Waals surface area contributed by atoms with E-state index in [1.807, 2.05) is 0 Å². The van der Waals surface area contributed by atoms with Gasteiger partial charge in [-0.1, -0.05) is 6.07 Å². The summed E-state index contributed by atoms with van der Waals surface area (Å²) < 4.78 is 30.2. The minimum atomic E-state index is -0.946. The van der Waals surface area contributed by atoms with Crippen molar-refractivity contribution in [2.75, 3.05) is 13.7 Å². The van der Waals surface area contributed by atoms with Crippen molar-refractivity contribution < 1.29 is 18.3 Å². The molecule has 6 heteroatoms. The van der Waals surface area contributed by atoms with Crippen molar-refractivity contribution in [3.8, 4) is 0 Å². The largest absolute Gasteiger partial charge is 0.383 e. The van der Waals surface area contributed by atoms with Gasteiger partial charge in [0.2, 0.25) is 5.91 Å². The van der Waals surface area contributed by atoms with E-state index in [9.17, 15) is 13.6 Å². The van der Waals surface area contributed by atoms with Crippen molar-refractivity contribution in [1.29, 1.82) is 0 Å². The van der Waals surface area contributed by atoms with Crippen LogP contribution >= 0.6 is 0 Å². The van der Waals surface area contributed by atoms with E-state index < -0.39 is 23.6 Å². The molecule has 94 valence electrons. The predicted molar refractivity (Wildman–Crippen MR) is 58.1 cm³/mol. The van der Waals surface area contributed by atoms with E-state index in [0.29, 0.717) is 5.56 Å². The molecule has 0 heterocycles. The molecule has 0 spiro atoms. The van der Waals surface area contributed by atoms with Crippen LogP contribution in [0.15, 0.2) is 18.2 Å². The molecule has 0 fully saturated rings. The van der Waals surface area contributed by atoms with Gasteiger partial charge in [0.25, 0.3) is 0 Å². The Hall–Kier alpha value is -1.53. The molecule has 1 rings (SSSR count). The van der Waals surface area contributed by atoms with Gasteiger partial charge in [0.05, 0.1) is 6.61 Å². The summed E-state index contributed by atoms with van der Waals surface area (Å²) in [5, 5.41) is 2.50. The maximum absolute atomic E-state index is 12.9. The molecule has 17 heavy (non-hydrogen) atoms. The van der Waals surface area contributed by atoms with Gasteiger partial charge in [-0.3, -0.25) is 4.79 Å². The van der Waals surface area contributed by atoms with Gasteiger partial charge < -0.3 is 15.8 Å². The van der Waals surface area contributed by atoms with Gasteiger partial charge >= 0.3 is 0 Å². The monoisotopic (exact) mass is 244 g/mol.